The summed E-state index contributed by atoms with van der Waals surface area (Å²) in [4.78, 5) is 69.5. The lowest BCUT2D eigenvalue weighted by atomic mass is 9.70. The molecule has 0 aromatic carbocycles. The molecule has 3 rings (SSSR count). The lowest BCUT2D eigenvalue weighted by Gasteiger charge is -2.43. The van der Waals surface area contributed by atoms with Crippen LogP contribution in [0.4, 0.5) is 4.79 Å². The molecule has 0 aromatic heterocycles. The molecule has 2 saturated carbocycles. The molecule has 2 aliphatic carbocycles. The van der Waals surface area contributed by atoms with Gasteiger partial charge in [0.25, 0.3) is 5.91 Å². The summed E-state index contributed by atoms with van der Waals surface area (Å²) in [7, 11) is 0. The number of nitrogens with one attached hydrogen (secondary N) is 4. The minimum atomic E-state index is -0.996. The summed E-state index contributed by atoms with van der Waals surface area (Å²) in [5.74, 6) is -2.01. The second-order valence-corrected chi connectivity index (χ2v) is 14.7. The van der Waals surface area contributed by atoms with Crippen LogP contribution in [0.25, 0.3) is 0 Å². The van der Waals surface area contributed by atoms with Gasteiger partial charge in [0.2, 0.25) is 17.6 Å². The zero-order valence-electron chi connectivity index (χ0n) is 29.2. The lowest BCUT2D eigenvalue weighted by Crippen LogP contribution is -2.63. The molecule has 6 atom stereocenters. The maximum absolute atomic E-state index is 14.6. The number of nitrogens with zero attached hydrogens (tertiary/aromatic N) is 1. The number of carbonyl (C=O) groups is 5. The first-order valence-electron chi connectivity index (χ1n) is 17.4. The fraction of sp³-hybridized carbons (Fsp3) is 0.800. The van der Waals surface area contributed by atoms with Gasteiger partial charge >= 0.3 is 6.03 Å². The monoisotopic (exact) mass is 645 g/mol. The molecule has 260 valence electrons. The fourth-order valence-corrected chi connectivity index (χ4v) is 7.49. The molecule has 1 unspecified atom stereocenters. The Morgan fingerprint density at radius 3 is 2.26 bits per heavy atom. The van der Waals surface area contributed by atoms with E-state index in [4.69, 9.17) is 4.74 Å². The zero-order valence-corrected chi connectivity index (χ0v) is 29.2. The van der Waals surface area contributed by atoms with Gasteiger partial charge in [-0.2, -0.15) is 0 Å². The number of likely N-dealkylation sites (tertiary alicyclic amines) is 1. The number of fused-ring (bicyclic) bond motifs is 1. The number of rotatable bonds is 17. The van der Waals surface area contributed by atoms with E-state index in [0.29, 0.717) is 32.6 Å². The van der Waals surface area contributed by atoms with Gasteiger partial charge < -0.3 is 30.9 Å². The first-order chi connectivity index (χ1) is 21.7. The minimum absolute atomic E-state index is 0.0851. The van der Waals surface area contributed by atoms with Gasteiger partial charge in [0.05, 0.1) is 18.7 Å². The SMILES string of the molecule is C=CCNC(=O)C(=O)C(CCCC)NC(=O)[C@@H]1[C@@H]2[C@H](CN1C(=O)[C@@H](NC(=O)N[C@H](COCC)C(C)C)C1(C)CCCCC1)C2(C)C. The molecular formula is C35H59N5O6. The molecule has 46 heavy (non-hydrogen) atoms. The summed E-state index contributed by atoms with van der Waals surface area (Å²) in [6.07, 6.45) is 7.81. The fourth-order valence-electron chi connectivity index (χ4n) is 7.49. The molecule has 0 bridgehead atoms. The predicted molar refractivity (Wildman–Crippen MR) is 178 cm³/mol. The number of ketones is 1. The van der Waals surface area contributed by atoms with Crippen LogP contribution >= 0.6 is 0 Å². The average Bonchev–Trinajstić information content (AvgIpc) is 3.33. The molecule has 11 nitrogen and oxygen atoms in total. The highest BCUT2D eigenvalue weighted by Crippen LogP contribution is 2.65. The maximum atomic E-state index is 14.6. The van der Waals surface area contributed by atoms with Crippen molar-refractivity contribution in [3.63, 3.8) is 0 Å². The predicted octanol–water partition coefficient (Wildman–Crippen LogP) is 3.72. The molecule has 4 N–H and O–H groups in total. The van der Waals surface area contributed by atoms with Crippen LogP contribution in [0.1, 0.15) is 99.8 Å². The van der Waals surface area contributed by atoms with Gasteiger partial charge in [-0.15, -0.1) is 6.58 Å². The minimum Gasteiger partial charge on any atom is -0.380 e. The number of urea groups is 1. The van der Waals surface area contributed by atoms with Crippen molar-refractivity contribution in [2.45, 2.75) is 124 Å². The van der Waals surface area contributed by atoms with Crippen molar-refractivity contribution in [3.05, 3.63) is 12.7 Å². The van der Waals surface area contributed by atoms with Crippen molar-refractivity contribution in [3.8, 4) is 0 Å². The van der Waals surface area contributed by atoms with Crippen molar-refractivity contribution >= 4 is 29.5 Å². The number of amides is 5. The van der Waals surface area contributed by atoms with Crippen molar-refractivity contribution in [2.24, 2.45) is 28.6 Å². The summed E-state index contributed by atoms with van der Waals surface area (Å²) >= 11 is 0. The average molecular weight is 646 g/mol. The van der Waals surface area contributed by atoms with E-state index in [1.165, 1.54) is 6.08 Å². The second-order valence-electron chi connectivity index (χ2n) is 14.7. The molecule has 0 aromatic rings. The molecule has 0 spiro atoms. The Kier molecular flexibility index (Phi) is 13.2. The first-order valence-corrected chi connectivity index (χ1v) is 17.4. The van der Waals surface area contributed by atoms with Crippen LogP contribution in [0, 0.1) is 28.6 Å². The van der Waals surface area contributed by atoms with Gasteiger partial charge in [-0.25, -0.2) is 4.79 Å². The highest BCUT2D eigenvalue weighted by molar-refractivity contribution is 6.38. The van der Waals surface area contributed by atoms with E-state index in [1.807, 2.05) is 27.7 Å². The topological polar surface area (TPSA) is 146 Å². The first kappa shape index (κ1) is 37.5. The molecule has 3 fully saturated rings. The third kappa shape index (κ3) is 8.69. The van der Waals surface area contributed by atoms with Gasteiger partial charge in [-0.3, -0.25) is 19.2 Å². The van der Waals surface area contributed by atoms with Crippen molar-refractivity contribution in [1.82, 2.24) is 26.2 Å². The molecular weight excluding hydrogens is 586 g/mol. The summed E-state index contributed by atoms with van der Waals surface area (Å²) in [5.41, 5.74) is -0.631. The number of hydrogen-bond acceptors (Lipinski definition) is 6. The number of carbonyl (C=O) groups excluding carboxylic acids is 5. The third-order valence-electron chi connectivity index (χ3n) is 10.7. The summed E-state index contributed by atoms with van der Waals surface area (Å²) in [6, 6.07) is -3.28. The second kappa shape index (κ2) is 16.2. The maximum Gasteiger partial charge on any atom is 0.315 e. The van der Waals surface area contributed by atoms with E-state index in [-0.39, 0.29) is 41.7 Å². The number of unbranched alkanes of at least 4 members (excludes halogenated alkanes) is 1. The van der Waals surface area contributed by atoms with E-state index in [2.05, 4.69) is 48.6 Å². The smallest absolute Gasteiger partial charge is 0.315 e. The molecule has 1 saturated heterocycles. The van der Waals surface area contributed by atoms with E-state index < -0.39 is 47.2 Å². The van der Waals surface area contributed by atoms with Crippen LogP contribution in [0.15, 0.2) is 12.7 Å². The Bertz CT molecular complexity index is 1120. The van der Waals surface area contributed by atoms with Crippen molar-refractivity contribution in [1.29, 1.82) is 0 Å². The number of piperidine rings is 1. The van der Waals surface area contributed by atoms with Crippen LogP contribution in [0.3, 0.4) is 0 Å². The normalized spacial score (nSPS) is 24.6. The largest absolute Gasteiger partial charge is 0.380 e. The molecule has 3 aliphatic rings. The van der Waals surface area contributed by atoms with E-state index in [1.54, 1.807) is 4.90 Å². The van der Waals surface area contributed by atoms with E-state index in [0.717, 1.165) is 38.5 Å². The third-order valence-corrected chi connectivity index (χ3v) is 10.7. The molecule has 5 amide bonds. The quantitative estimate of drug-likeness (QED) is 0.140. The highest BCUT2D eigenvalue weighted by Gasteiger charge is 2.70. The zero-order chi connectivity index (χ0) is 34.2. The van der Waals surface area contributed by atoms with Crippen molar-refractivity contribution < 1.29 is 28.7 Å². The Balaban J connectivity index is 1.88. The van der Waals surface area contributed by atoms with E-state index in [9.17, 15) is 24.0 Å². The van der Waals surface area contributed by atoms with Gasteiger partial charge in [-0.05, 0) is 54.8 Å². The Morgan fingerprint density at radius 2 is 1.67 bits per heavy atom. The van der Waals surface area contributed by atoms with Crippen LogP contribution in [-0.2, 0) is 23.9 Å². The standard InChI is InChI=1S/C35H59N5O6/c1-9-12-16-24(28(41)31(43)36-19-10-2)37-30(42)27-26-23(34(26,6)7)20-40(27)32(44)29(35(8)17-14-13-15-18-35)39-33(45)38-25(22(4)5)21-46-11-3/h10,22-27,29H,2,9,11-21H2,1,3-8H3,(H,36,43)(H,37,42)(H2,38,39,45)/t23-,24?,25+,26-,27-,29+/m0/s1. The number of ether oxygens (including phenoxy) is 1. The Hall–Kier alpha value is -2.95. The molecule has 0 radical (unpaired) electrons. The van der Waals surface area contributed by atoms with Gasteiger partial charge in [0.15, 0.2) is 0 Å². The van der Waals surface area contributed by atoms with Gasteiger partial charge in [0, 0.05) is 19.7 Å². The lowest BCUT2D eigenvalue weighted by molar-refractivity contribution is -0.146. The summed E-state index contributed by atoms with van der Waals surface area (Å²) < 4.78 is 5.60. The Labute approximate surface area is 275 Å². The molecule has 11 heteroatoms. The van der Waals surface area contributed by atoms with Crippen LogP contribution in [0.2, 0.25) is 0 Å². The number of hydrogen-bond donors (Lipinski definition) is 4. The highest BCUT2D eigenvalue weighted by atomic mass is 16.5. The van der Waals surface area contributed by atoms with Crippen LogP contribution in [-0.4, -0.2) is 84.9 Å². The van der Waals surface area contributed by atoms with Gasteiger partial charge in [0.1, 0.15) is 12.1 Å². The molecule has 1 heterocycles. The van der Waals surface area contributed by atoms with Gasteiger partial charge in [-0.1, -0.05) is 79.7 Å². The summed E-state index contributed by atoms with van der Waals surface area (Å²) in [5, 5.41) is 11.5. The van der Waals surface area contributed by atoms with Crippen LogP contribution < -0.4 is 21.3 Å². The summed E-state index contributed by atoms with van der Waals surface area (Å²) in [6.45, 7) is 19.2. The number of Topliss-reactive ketones (excluding diaryl/α,β-unsaturated/α-hetero) is 1. The van der Waals surface area contributed by atoms with Crippen LogP contribution in [0.5, 0.6) is 0 Å². The molecule has 1 aliphatic heterocycles. The van der Waals surface area contributed by atoms with Crippen molar-refractivity contribution in [2.75, 3.05) is 26.3 Å². The van der Waals surface area contributed by atoms with E-state index >= 15 is 0 Å². The Morgan fingerprint density at radius 1 is 1.00 bits per heavy atom.